The van der Waals surface area contributed by atoms with Crippen LogP contribution in [0.2, 0.25) is 10.0 Å². The fraction of sp³-hybridized carbons (Fsp3) is 0.182. The summed E-state index contributed by atoms with van der Waals surface area (Å²) in [6.45, 7) is 1.68. The lowest BCUT2D eigenvalue weighted by Crippen LogP contribution is -1.99. The van der Waals surface area contributed by atoms with Crippen molar-refractivity contribution >= 4 is 29.0 Å². The maximum absolute atomic E-state index is 11.6. The van der Waals surface area contributed by atoms with E-state index in [1.165, 1.54) is 0 Å². The van der Waals surface area contributed by atoms with E-state index in [4.69, 9.17) is 23.2 Å². The predicted molar refractivity (Wildman–Crippen MR) is 58.9 cm³/mol. The Labute approximate surface area is 93.0 Å². The van der Waals surface area contributed by atoms with Crippen LogP contribution >= 0.6 is 23.2 Å². The number of benzene rings is 1. The maximum Gasteiger partial charge on any atom is 0.177 e. The fourth-order valence-corrected chi connectivity index (χ4v) is 1.63. The van der Waals surface area contributed by atoms with Crippen LogP contribution in [0.5, 0.6) is 0 Å². The van der Waals surface area contributed by atoms with Crippen LogP contribution in [0.1, 0.15) is 23.7 Å². The van der Waals surface area contributed by atoms with Crippen LogP contribution in [0.15, 0.2) is 18.2 Å². The molecule has 72 valence electrons. The Hall–Kier alpha value is -0.970. The Morgan fingerprint density at radius 2 is 1.93 bits per heavy atom. The Balaban J connectivity index is 3.04. The van der Waals surface area contributed by atoms with Gasteiger partial charge in [-0.1, -0.05) is 35.2 Å². The SMILES string of the molecule is CC#CCC(=O)c1c(Cl)cccc1Cl. The highest BCUT2D eigenvalue weighted by molar-refractivity contribution is 6.39. The zero-order valence-electron chi connectivity index (χ0n) is 7.60. The smallest absolute Gasteiger partial charge is 0.177 e. The van der Waals surface area contributed by atoms with Gasteiger partial charge in [-0.05, 0) is 19.1 Å². The standard InChI is InChI=1S/C11H8Cl2O/c1-2-3-7-10(14)11-8(12)5-4-6-9(11)13/h4-6H,7H2,1H3. The summed E-state index contributed by atoms with van der Waals surface area (Å²) in [6.07, 6.45) is 0.153. The summed E-state index contributed by atoms with van der Waals surface area (Å²) in [4.78, 5) is 11.6. The van der Waals surface area contributed by atoms with Gasteiger partial charge < -0.3 is 0 Å². The third kappa shape index (κ3) is 2.51. The lowest BCUT2D eigenvalue weighted by molar-refractivity contribution is 0.0998. The molecule has 1 rings (SSSR count). The second-order valence-corrected chi connectivity index (χ2v) is 3.44. The summed E-state index contributed by atoms with van der Waals surface area (Å²) in [7, 11) is 0. The largest absolute Gasteiger partial charge is 0.293 e. The molecule has 0 aliphatic rings. The first kappa shape index (κ1) is 11.1. The monoisotopic (exact) mass is 226 g/mol. The summed E-state index contributed by atoms with van der Waals surface area (Å²) < 4.78 is 0. The van der Waals surface area contributed by atoms with E-state index in [1.54, 1.807) is 25.1 Å². The van der Waals surface area contributed by atoms with Crippen molar-refractivity contribution in [2.24, 2.45) is 0 Å². The predicted octanol–water partition coefficient (Wildman–Crippen LogP) is 3.59. The molecule has 0 radical (unpaired) electrons. The number of hydrogen-bond donors (Lipinski definition) is 0. The molecule has 0 aliphatic carbocycles. The van der Waals surface area contributed by atoms with Gasteiger partial charge in [0.1, 0.15) is 0 Å². The Bertz CT molecular complexity index is 393. The summed E-state index contributed by atoms with van der Waals surface area (Å²) in [5.41, 5.74) is 0.360. The van der Waals surface area contributed by atoms with Crippen LogP contribution in [-0.4, -0.2) is 5.78 Å². The molecule has 0 bridgehead atoms. The second kappa shape index (κ2) is 5.05. The quantitative estimate of drug-likeness (QED) is 0.557. The number of Topliss-reactive ketones (excluding diaryl/α,β-unsaturated/α-hetero) is 1. The van der Waals surface area contributed by atoms with Gasteiger partial charge in [0.05, 0.1) is 22.0 Å². The van der Waals surface area contributed by atoms with Crippen molar-refractivity contribution in [3.05, 3.63) is 33.8 Å². The van der Waals surface area contributed by atoms with Gasteiger partial charge in [-0.2, -0.15) is 0 Å². The maximum atomic E-state index is 11.6. The van der Waals surface area contributed by atoms with Crippen LogP contribution in [0.4, 0.5) is 0 Å². The third-order valence-electron chi connectivity index (χ3n) is 1.67. The van der Waals surface area contributed by atoms with E-state index >= 15 is 0 Å². The van der Waals surface area contributed by atoms with Gasteiger partial charge >= 0.3 is 0 Å². The number of carbonyl (C=O) groups is 1. The van der Waals surface area contributed by atoms with E-state index in [9.17, 15) is 4.79 Å². The normalized spacial score (nSPS) is 9.07. The molecule has 0 fully saturated rings. The molecule has 0 saturated heterocycles. The molecule has 0 aliphatic heterocycles. The molecular weight excluding hydrogens is 219 g/mol. The van der Waals surface area contributed by atoms with Gasteiger partial charge in [0.25, 0.3) is 0 Å². The summed E-state index contributed by atoms with van der Waals surface area (Å²) in [5, 5.41) is 0.751. The highest BCUT2D eigenvalue weighted by Gasteiger charge is 2.12. The van der Waals surface area contributed by atoms with Crippen molar-refractivity contribution in [3.63, 3.8) is 0 Å². The van der Waals surface area contributed by atoms with Crippen LogP contribution in [0, 0.1) is 11.8 Å². The van der Waals surface area contributed by atoms with Gasteiger partial charge in [-0.3, -0.25) is 4.79 Å². The third-order valence-corrected chi connectivity index (χ3v) is 2.30. The molecule has 0 spiro atoms. The highest BCUT2D eigenvalue weighted by Crippen LogP contribution is 2.25. The first-order valence-corrected chi connectivity index (χ1v) is 4.79. The van der Waals surface area contributed by atoms with Crippen LogP contribution in [0.3, 0.4) is 0 Å². The van der Waals surface area contributed by atoms with Gasteiger partial charge in [0.15, 0.2) is 5.78 Å². The lowest BCUT2D eigenvalue weighted by Gasteiger charge is -2.02. The van der Waals surface area contributed by atoms with E-state index in [0.29, 0.717) is 15.6 Å². The summed E-state index contributed by atoms with van der Waals surface area (Å²) >= 11 is 11.7. The average Bonchev–Trinajstić information content (AvgIpc) is 2.14. The van der Waals surface area contributed by atoms with Crippen LogP contribution in [0.25, 0.3) is 0 Å². The molecule has 0 N–H and O–H groups in total. The van der Waals surface area contributed by atoms with Crippen molar-refractivity contribution in [2.75, 3.05) is 0 Å². The van der Waals surface area contributed by atoms with Gasteiger partial charge in [0.2, 0.25) is 0 Å². The molecule has 3 heteroatoms. The van der Waals surface area contributed by atoms with E-state index in [1.807, 2.05) is 0 Å². The second-order valence-electron chi connectivity index (χ2n) is 2.62. The van der Waals surface area contributed by atoms with Crippen molar-refractivity contribution < 1.29 is 4.79 Å². The van der Waals surface area contributed by atoms with E-state index in [0.717, 1.165) is 0 Å². The topological polar surface area (TPSA) is 17.1 Å². The molecule has 0 amide bonds. The van der Waals surface area contributed by atoms with Gasteiger partial charge in [-0.25, -0.2) is 0 Å². The van der Waals surface area contributed by atoms with E-state index < -0.39 is 0 Å². The number of hydrogen-bond acceptors (Lipinski definition) is 1. The van der Waals surface area contributed by atoms with E-state index in [-0.39, 0.29) is 12.2 Å². The number of halogens is 2. The Morgan fingerprint density at radius 3 is 2.43 bits per heavy atom. The van der Waals surface area contributed by atoms with Gasteiger partial charge in [-0.15, -0.1) is 5.92 Å². The Morgan fingerprint density at radius 1 is 1.36 bits per heavy atom. The van der Waals surface area contributed by atoms with Crippen molar-refractivity contribution in [1.29, 1.82) is 0 Å². The number of ketones is 1. The zero-order valence-corrected chi connectivity index (χ0v) is 9.12. The molecular formula is C11H8Cl2O. The number of rotatable bonds is 2. The molecule has 14 heavy (non-hydrogen) atoms. The molecule has 1 nitrogen and oxygen atoms in total. The molecule has 0 saturated carbocycles. The minimum Gasteiger partial charge on any atom is -0.293 e. The van der Waals surface area contributed by atoms with Crippen molar-refractivity contribution in [3.8, 4) is 11.8 Å². The molecule has 0 unspecified atom stereocenters. The Kier molecular flexibility index (Phi) is 4.00. The zero-order chi connectivity index (χ0) is 10.6. The molecule has 1 aromatic rings. The number of carbonyl (C=O) groups excluding carboxylic acids is 1. The average molecular weight is 227 g/mol. The highest BCUT2D eigenvalue weighted by atomic mass is 35.5. The lowest BCUT2D eigenvalue weighted by atomic mass is 10.1. The van der Waals surface area contributed by atoms with Crippen LogP contribution in [-0.2, 0) is 0 Å². The minimum absolute atomic E-state index is 0.144. The molecule has 0 heterocycles. The summed E-state index contributed by atoms with van der Waals surface area (Å²) in [5.74, 6) is 5.19. The molecule has 1 aromatic carbocycles. The van der Waals surface area contributed by atoms with Crippen molar-refractivity contribution in [2.45, 2.75) is 13.3 Å². The fourth-order valence-electron chi connectivity index (χ4n) is 1.02. The van der Waals surface area contributed by atoms with Crippen molar-refractivity contribution in [1.82, 2.24) is 0 Å². The first-order valence-electron chi connectivity index (χ1n) is 4.03. The van der Waals surface area contributed by atoms with E-state index in [2.05, 4.69) is 11.8 Å². The minimum atomic E-state index is -0.144. The van der Waals surface area contributed by atoms with Gasteiger partial charge in [0, 0.05) is 0 Å². The molecule has 0 aromatic heterocycles. The molecule has 0 atom stereocenters. The van der Waals surface area contributed by atoms with Crippen LogP contribution < -0.4 is 0 Å². The first-order chi connectivity index (χ1) is 6.66. The summed E-state index contributed by atoms with van der Waals surface area (Å²) in [6, 6.07) is 4.98.